The second-order valence-electron chi connectivity index (χ2n) is 8.72. The number of ether oxygens (including phenoxy) is 3. The van der Waals surface area contributed by atoms with Crippen molar-refractivity contribution in [1.29, 1.82) is 0 Å². The predicted molar refractivity (Wildman–Crippen MR) is 111 cm³/mol. The molecule has 10 atom stereocenters. The monoisotopic (exact) mass is 452 g/mol. The first-order chi connectivity index (χ1) is 15.3. The Labute approximate surface area is 186 Å². The molecule has 0 radical (unpaired) electrons. The molecule has 1 aromatic rings. The highest BCUT2D eigenvalue weighted by atomic mass is 16.8. The average molecular weight is 453 g/mol. The van der Waals surface area contributed by atoms with E-state index in [0.717, 1.165) is 5.56 Å². The molecule has 3 aliphatic rings. The highest BCUT2D eigenvalue weighted by Crippen LogP contribution is 2.41. The van der Waals surface area contributed by atoms with Gasteiger partial charge in [0.25, 0.3) is 0 Å². The molecule has 4 rings (SSSR count). The molecule has 3 unspecified atom stereocenters. The van der Waals surface area contributed by atoms with E-state index >= 15 is 0 Å². The number of likely N-dealkylation sites (N-methyl/N-ethyl adjacent to an activating group) is 2. The number of aliphatic hydroxyl groups is 3. The van der Waals surface area contributed by atoms with Gasteiger partial charge in [-0.3, -0.25) is 9.78 Å². The number of aromatic nitrogens is 1. The van der Waals surface area contributed by atoms with E-state index in [2.05, 4.69) is 20.9 Å². The van der Waals surface area contributed by atoms with Crippen LogP contribution in [0.1, 0.15) is 18.9 Å². The standard InChI is InChI=1S/C21H32N4O7/c1-10-7-12(25-13(26)8-11-5-4-6-24-9-11)21(29)20(30-10)31-19-17(28)14(22-2)16(27)15(23-3)18(19)32-21/h4-6,9-10,12,14-20,22-23,27-29H,7-8H2,1-3H3,(H,25,26)/t10-,12-,14-,15+,16+,17+,18?,19?,20?,21+/m1/s1. The second-order valence-corrected chi connectivity index (χ2v) is 8.72. The maximum atomic E-state index is 12.7. The number of nitrogens with zero attached hydrogens (tertiary/aromatic N) is 1. The molecule has 0 aromatic carbocycles. The Morgan fingerprint density at radius 3 is 2.59 bits per heavy atom. The molecule has 178 valence electrons. The third-order valence-corrected chi connectivity index (χ3v) is 6.57. The number of carbonyl (C=O) groups excluding carboxylic acids is 1. The van der Waals surface area contributed by atoms with Gasteiger partial charge in [-0.25, -0.2) is 0 Å². The first-order valence-corrected chi connectivity index (χ1v) is 10.9. The molecule has 1 amide bonds. The molecule has 11 nitrogen and oxygen atoms in total. The van der Waals surface area contributed by atoms with Gasteiger partial charge in [-0.05, 0) is 39.1 Å². The molecule has 6 N–H and O–H groups in total. The number of rotatable bonds is 5. The van der Waals surface area contributed by atoms with Gasteiger partial charge in [0, 0.05) is 12.4 Å². The summed E-state index contributed by atoms with van der Waals surface area (Å²) < 4.78 is 17.9. The fraction of sp³-hybridized carbons (Fsp3) is 0.714. The average Bonchev–Trinajstić information content (AvgIpc) is 2.75. The molecular formula is C21H32N4O7. The van der Waals surface area contributed by atoms with Crippen LogP contribution in [0.5, 0.6) is 0 Å². The largest absolute Gasteiger partial charge is 0.390 e. The number of hydrogen-bond acceptors (Lipinski definition) is 10. The van der Waals surface area contributed by atoms with Gasteiger partial charge in [0.2, 0.25) is 18.0 Å². The van der Waals surface area contributed by atoms with Gasteiger partial charge in [-0.2, -0.15) is 0 Å². The van der Waals surface area contributed by atoms with Crippen LogP contribution in [-0.2, 0) is 25.4 Å². The van der Waals surface area contributed by atoms with Gasteiger partial charge in [0.05, 0.1) is 36.8 Å². The fourth-order valence-corrected chi connectivity index (χ4v) is 4.95. The molecule has 0 bridgehead atoms. The van der Waals surface area contributed by atoms with Crippen LogP contribution >= 0.6 is 0 Å². The predicted octanol–water partition coefficient (Wildman–Crippen LogP) is -2.37. The molecule has 3 heterocycles. The van der Waals surface area contributed by atoms with Crippen LogP contribution in [0.25, 0.3) is 0 Å². The smallest absolute Gasteiger partial charge is 0.239 e. The van der Waals surface area contributed by atoms with Crippen LogP contribution < -0.4 is 16.0 Å². The summed E-state index contributed by atoms with van der Waals surface area (Å²) in [5.41, 5.74) is 0.737. The van der Waals surface area contributed by atoms with Gasteiger partial charge >= 0.3 is 0 Å². The lowest BCUT2D eigenvalue weighted by Crippen LogP contribution is -2.79. The van der Waals surface area contributed by atoms with E-state index in [1.54, 1.807) is 38.6 Å². The van der Waals surface area contributed by atoms with Gasteiger partial charge in [-0.1, -0.05) is 6.07 Å². The van der Waals surface area contributed by atoms with Gasteiger partial charge in [-0.15, -0.1) is 0 Å². The first kappa shape index (κ1) is 23.5. The summed E-state index contributed by atoms with van der Waals surface area (Å²) in [6.45, 7) is 1.81. The summed E-state index contributed by atoms with van der Waals surface area (Å²) >= 11 is 0. The van der Waals surface area contributed by atoms with Crippen molar-refractivity contribution in [2.45, 2.75) is 80.5 Å². The highest BCUT2D eigenvalue weighted by molar-refractivity contribution is 5.78. The Bertz CT molecular complexity index is 802. The summed E-state index contributed by atoms with van der Waals surface area (Å²) in [5.74, 6) is -2.31. The molecule has 1 aromatic heterocycles. The van der Waals surface area contributed by atoms with Crippen molar-refractivity contribution >= 4 is 5.91 Å². The zero-order chi connectivity index (χ0) is 23.0. The first-order valence-electron chi connectivity index (χ1n) is 10.9. The number of amides is 1. The van der Waals surface area contributed by atoms with Crippen molar-refractivity contribution in [3.8, 4) is 0 Å². The van der Waals surface area contributed by atoms with Crippen LogP contribution in [0.3, 0.4) is 0 Å². The molecular weight excluding hydrogens is 420 g/mol. The minimum atomic E-state index is -2.00. The van der Waals surface area contributed by atoms with E-state index < -0.39 is 54.6 Å². The summed E-state index contributed by atoms with van der Waals surface area (Å²) in [6, 6.07) is 1.41. The highest BCUT2D eigenvalue weighted by Gasteiger charge is 2.63. The van der Waals surface area contributed by atoms with E-state index in [0.29, 0.717) is 6.42 Å². The van der Waals surface area contributed by atoms with Crippen molar-refractivity contribution in [1.82, 2.24) is 20.9 Å². The van der Waals surface area contributed by atoms with E-state index in [-0.39, 0.29) is 18.4 Å². The summed E-state index contributed by atoms with van der Waals surface area (Å²) in [5, 5.41) is 41.8. The molecule has 0 spiro atoms. The summed E-state index contributed by atoms with van der Waals surface area (Å²) in [7, 11) is 3.29. The SMILES string of the molecule is CN[C@@H]1[C@H](O)[C@H](NC)C2O[C@]3(O)C(OC2[C@H]1O)O[C@H](C)C[C@H]3NC(=O)Cc1cccnc1. The van der Waals surface area contributed by atoms with E-state index in [9.17, 15) is 20.1 Å². The number of hydrogen-bond donors (Lipinski definition) is 6. The molecule has 32 heavy (non-hydrogen) atoms. The normalized spacial score (nSPS) is 43.8. The number of fused-ring (bicyclic) bond motifs is 2. The number of pyridine rings is 1. The zero-order valence-electron chi connectivity index (χ0n) is 18.3. The van der Waals surface area contributed by atoms with Crippen LogP contribution in [0.15, 0.2) is 24.5 Å². The van der Waals surface area contributed by atoms with E-state index in [1.165, 1.54) is 0 Å². The molecule has 11 heteroatoms. The van der Waals surface area contributed by atoms with Crippen LogP contribution in [-0.4, -0.2) is 101 Å². The third-order valence-electron chi connectivity index (χ3n) is 6.57. The van der Waals surface area contributed by atoms with Gasteiger partial charge in [0.15, 0.2) is 0 Å². The van der Waals surface area contributed by atoms with Crippen molar-refractivity contribution < 1.29 is 34.3 Å². The van der Waals surface area contributed by atoms with E-state index in [1.807, 2.05) is 6.92 Å². The van der Waals surface area contributed by atoms with Crippen molar-refractivity contribution in [3.63, 3.8) is 0 Å². The van der Waals surface area contributed by atoms with Gasteiger partial charge in [0.1, 0.15) is 18.3 Å². The van der Waals surface area contributed by atoms with Crippen molar-refractivity contribution in [2.24, 2.45) is 0 Å². The second kappa shape index (κ2) is 9.27. The third kappa shape index (κ3) is 4.15. The molecule has 1 aliphatic carbocycles. The van der Waals surface area contributed by atoms with Crippen molar-refractivity contribution in [3.05, 3.63) is 30.1 Å². The molecule has 2 saturated heterocycles. The summed E-state index contributed by atoms with van der Waals surface area (Å²) in [6.07, 6.45) is -1.81. The summed E-state index contributed by atoms with van der Waals surface area (Å²) in [4.78, 5) is 16.7. The van der Waals surface area contributed by atoms with E-state index in [4.69, 9.17) is 14.2 Å². The zero-order valence-corrected chi connectivity index (χ0v) is 18.3. The Morgan fingerprint density at radius 2 is 1.94 bits per heavy atom. The Kier molecular flexibility index (Phi) is 6.80. The lowest BCUT2D eigenvalue weighted by atomic mass is 9.79. The quantitative estimate of drug-likeness (QED) is 0.286. The Balaban J connectivity index is 1.56. The number of nitrogens with one attached hydrogen (secondary N) is 3. The molecule has 3 fully saturated rings. The Hall–Kier alpha value is -1.70. The number of carbonyl (C=O) groups is 1. The maximum Gasteiger partial charge on any atom is 0.239 e. The lowest BCUT2D eigenvalue weighted by Gasteiger charge is -2.58. The maximum absolute atomic E-state index is 12.7. The number of aliphatic hydroxyl groups excluding tert-OH is 2. The van der Waals surface area contributed by atoms with Gasteiger partial charge < -0.3 is 45.5 Å². The van der Waals surface area contributed by atoms with Crippen molar-refractivity contribution in [2.75, 3.05) is 14.1 Å². The topological polar surface area (TPSA) is 154 Å². The van der Waals surface area contributed by atoms with Crippen LogP contribution in [0.4, 0.5) is 0 Å². The van der Waals surface area contributed by atoms with Crippen LogP contribution in [0.2, 0.25) is 0 Å². The lowest BCUT2D eigenvalue weighted by molar-refractivity contribution is -0.449. The molecule has 2 aliphatic heterocycles. The molecule has 1 saturated carbocycles. The minimum Gasteiger partial charge on any atom is -0.390 e. The van der Waals surface area contributed by atoms with Crippen LogP contribution in [0, 0.1) is 0 Å². The Morgan fingerprint density at radius 1 is 1.19 bits per heavy atom. The minimum absolute atomic E-state index is 0.0909. The fourth-order valence-electron chi connectivity index (χ4n) is 4.95.